The fourth-order valence-corrected chi connectivity index (χ4v) is 3.00. The Morgan fingerprint density at radius 2 is 1.64 bits per heavy atom. The van der Waals surface area contributed by atoms with Crippen molar-refractivity contribution in [2.75, 3.05) is 26.2 Å². The van der Waals surface area contributed by atoms with Crippen LogP contribution in [0.4, 0.5) is 8.78 Å². The Bertz CT molecular complexity index is 438. The second-order valence-corrected chi connectivity index (χ2v) is 5.52. The van der Waals surface area contributed by atoms with E-state index in [4.69, 9.17) is 0 Å². The molecule has 1 N–H and O–H groups in total. The molecule has 1 aliphatic carbocycles. The van der Waals surface area contributed by atoms with E-state index in [2.05, 4.69) is 15.0 Å². The maximum atomic E-state index is 12.2. The lowest BCUT2D eigenvalue weighted by molar-refractivity contribution is -0.0498. The van der Waals surface area contributed by atoms with Crippen molar-refractivity contribution in [3.63, 3.8) is 0 Å². The first-order chi connectivity index (χ1) is 9.74. The second kappa shape index (κ2) is 8.87. The second-order valence-electron chi connectivity index (χ2n) is 5.52. The number of hydrogen-bond acceptors (Lipinski definition) is 3. The Morgan fingerprint density at radius 3 is 2.14 bits per heavy atom. The van der Waals surface area contributed by atoms with Gasteiger partial charge < -0.3 is 10.1 Å². The third-order valence-corrected chi connectivity index (χ3v) is 4.06. The molecular formula is C15H22Cl2F2N2O. The van der Waals surface area contributed by atoms with E-state index in [0.717, 1.165) is 32.1 Å². The number of benzene rings is 1. The summed E-state index contributed by atoms with van der Waals surface area (Å²) in [4.78, 5) is 2.51. The average molecular weight is 355 g/mol. The highest BCUT2D eigenvalue weighted by Gasteiger charge is 2.36. The molecule has 126 valence electrons. The van der Waals surface area contributed by atoms with E-state index in [9.17, 15) is 8.78 Å². The smallest absolute Gasteiger partial charge is 0.387 e. The molecule has 3 rings (SSSR count). The van der Waals surface area contributed by atoms with Gasteiger partial charge in [0.1, 0.15) is 5.75 Å². The largest absolute Gasteiger partial charge is 0.435 e. The van der Waals surface area contributed by atoms with Crippen LogP contribution in [0.2, 0.25) is 0 Å². The summed E-state index contributed by atoms with van der Waals surface area (Å²) in [6.45, 7) is 1.40. The summed E-state index contributed by atoms with van der Waals surface area (Å²) in [5.41, 5.74) is 1.22. The van der Waals surface area contributed by atoms with Crippen molar-refractivity contribution < 1.29 is 13.5 Å². The van der Waals surface area contributed by atoms with E-state index in [0.29, 0.717) is 6.04 Å². The van der Waals surface area contributed by atoms with Gasteiger partial charge in [0.2, 0.25) is 0 Å². The van der Waals surface area contributed by atoms with Gasteiger partial charge in [-0.15, -0.1) is 24.8 Å². The van der Waals surface area contributed by atoms with Crippen LogP contribution in [0, 0.1) is 5.92 Å². The molecule has 0 aromatic heterocycles. The molecule has 3 nitrogen and oxygen atoms in total. The van der Waals surface area contributed by atoms with Crippen LogP contribution < -0.4 is 10.1 Å². The number of halogens is 4. The molecule has 1 saturated heterocycles. The van der Waals surface area contributed by atoms with Crippen molar-refractivity contribution in [2.45, 2.75) is 25.5 Å². The van der Waals surface area contributed by atoms with Crippen molar-refractivity contribution in [3.05, 3.63) is 29.8 Å². The topological polar surface area (TPSA) is 24.5 Å². The van der Waals surface area contributed by atoms with Gasteiger partial charge in [-0.25, -0.2) is 0 Å². The fraction of sp³-hybridized carbons (Fsp3) is 0.600. The molecule has 1 aromatic carbocycles. The number of alkyl halides is 2. The highest BCUT2D eigenvalue weighted by molar-refractivity contribution is 5.85. The summed E-state index contributed by atoms with van der Waals surface area (Å²) in [6, 6.07) is 7.60. The van der Waals surface area contributed by atoms with Gasteiger partial charge in [-0.3, -0.25) is 4.90 Å². The molecule has 22 heavy (non-hydrogen) atoms. The number of nitrogens with zero attached hydrogens (tertiary/aromatic N) is 1. The minimum atomic E-state index is -2.76. The van der Waals surface area contributed by atoms with E-state index in [1.165, 1.54) is 18.4 Å². The lowest BCUT2D eigenvalue weighted by Gasteiger charge is -2.35. The molecule has 1 saturated carbocycles. The molecule has 0 spiro atoms. The zero-order valence-electron chi connectivity index (χ0n) is 12.2. The molecule has 1 heterocycles. The Balaban J connectivity index is 0.00000121. The zero-order chi connectivity index (χ0) is 13.9. The minimum Gasteiger partial charge on any atom is -0.435 e. The lowest BCUT2D eigenvalue weighted by atomic mass is 9.99. The van der Waals surface area contributed by atoms with E-state index in [1.807, 2.05) is 12.1 Å². The van der Waals surface area contributed by atoms with E-state index < -0.39 is 6.61 Å². The Labute approximate surface area is 142 Å². The standard InChI is InChI=1S/C15H20F2N2O.2ClH/c16-15(17)20-13-5-3-12(4-6-13)14(11-1-2-11)19-9-7-18-8-10-19;;/h3-6,11,14-15,18H,1-2,7-10H2;2*1H/t14-;;/m0../s1. The maximum Gasteiger partial charge on any atom is 0.387 e. The Morgan fingerprint density at radius 1 is 1.05 bits per heavy atom. The van der Waals surface area contributed by atoms with Crippen molar-refractivity contribution in [1.29, 1.82) is 0 Å². The van der Waals surface area contributed by atoms with Crippen LogP contribution in [0.3, 0.4) is 0 Å². The number of ether oxygens (including phenoxy) is 1. The maximum absolute atomic E-state index is 12.2. The number of hydrogen-bond donors (Lipinski definition) is 1. The van der Waals surface area contributed by atoms with Crippen LogP contribution in [0.1, 0.15) is 24.4 Å². The van der Waals surface area contributed by atoms with Crippen LogP contribution in [-0.4, -0.2) is 37.7 Å². The normalized spacial score (nSPS) is 20.0. The third-order valence-electron chi connectivity index (χ3n) is 4.06. The highest BCUT2D eigenvalue weighted by atomic mass is 35.5. The molecule has 1 aromatic rings. The Hall–Kier alpha value is -0.620. The number of piperazine rings is 1. The molecule has 2 fully saturated rings. The highest BCUT2D eigenvalue weighted by Crippen LogP contribution is 2.44. The van der Waals surface area contributed by atoms with E-state index >= 15 is 0 Å². The molecule has 0 unspecified atom stereocenters. The van der Waals surface area contributed by atoms with Gasteiger partial charge in [-0.2, -0.15) is 8.78 Å². The van der Waals surface area contributed by atoms with Crippen LogP contribution in [0.15, 0.2) is 24.3 Å². The molecule has 0 radical (unpaired) electrons. The summed E-state index contributed by atoms with van der Waals surface area (Å²) >= 11 is 0. The lowest BCUT2D eigenvalue weighted by Crippen LogP contribution is -2.45. The van der Waals surface area contributed by atoms with Gasteiger partial charge in [0.15, 0.2) is 0 Å². The molecule has 2 aliphatic rings. The Kier molecular flexibility index (Phi) is 7.83. The predicted octanol–water partition coefficient (Wildman–Crippen LogP) is 3.49. The van der Waals surface area contributed by atoms with E-state index in [1.54, 1.807) is 12.1 Å². The molecular weight excluding hydrogens is 333 g/mol. The predicted molar refractivity (Wildman–Crippen MR) is 87.5 cm³/mol. The van der Waals surface area contributed by atoms with Crippen LogP contribution in [-0.2, 0) is 0 Å². The monoisotopic (exact) mass is 354 g/mol. The first-order valence-electron chi connectivity index (χ1n) is 7.23. The van der Waals surface area contributed by atoms with Crippen molar-refractivity contribution >= 4 is 24.8 Å². The molecule has 1 atom stereocenters. The first kappa shape index (κ1) is 19.4. The molecule has 7 heteroatoms. The summed E-state index contributed by atoms with van der Waals surface area (Å²) in [5, 5.41) is 3.37. The summed E-state index contributed by atoms with van der Waals surface area (Å²) in [7, 11) is 0. The zero-order valence-corrected chi connectivity index (χ0v) is 13.8. The number of nitrogens with one attached hydrogen (secondary N) is 1. The van der Waals surface area contributed by atoms with Crippen LogP contribution in [0.5, 0.6) is 5.75 Å². The van der Waals surface area contributed by atoms with Crippen molar-refractivity contribution in [1.82, 2.24) is 10.2 Å². The van der Waals surface area contributed by atoms with Crippen LogP contribution in [0.25, 0.3) is 0 Å². The van der Waals surface area contributed by atoms with Gasteiger partial charge in [0.05, 0.1) is 0 Å². The molecule has 0 bridgehead atoms. The summed E-state index contributed by atoms with van der Waals surface area (Å²) in [6.07, 6.45) is 2.54. The number of rotatable bonds is 5. The van der Waals surface area contributed by atoms with Crippen molar-refractivity contribution in [3.8, 4) is 5.75 Å². The molecule has 0 amide bonds. The molecule has 1 aliphatic heterocycles. The summed E-state index contributed by atoms with van der Waals surface area (Å²) < 4.78 is 28.8. The van der Waals surface area contributed by atoms with Gasteiger partial charge in [-0.1, -0.05) is 12.1 Å². The van der Waals surface area contributed by atoms with Gasteiger partial charge in [0, 0.05) is 32.2 Å². The third kappa shape index (κ3) is 4.95. The van der Waals surface area contributed by atoms with Gasteiger partial charge in [-0.05, 0) is 36.5 Å². The quantitative estimate of drug-likeness (QED) is 0.875. The fourth-order valence-electron chi connectivity index (χ4n) is 3.00. The average Bonchev–Trinajstić information content (AvgIpc) is 3.26. The minimum absolute atomic E-state index is 0. The van der Waals surface area contributed by atoms with E-state index in [-0.39, 0.29) is 30.6 Å². The van der Waals surface area contributed by atoms with Gasteiger partial charge in [0.25, 0.3) is 0 Å². The van der Waals surface area contributed by atoms with Gasteiger partial charge >= 0.3 is 6.61 Å². The summed E-state index contributed by atoms with van der Waals surface area (Å²) in [5.74, 6) is 0.952. The first-order valence-corrected chi connectivity index (χ1v) is 7.23. The van der Waals surface area contributed by atoms with Crippen molar-refractivity contribution in [2.24, 2.45) is 5.92 Å². The van der Waals surface area contributed by atoms with Crippen LogP contribution >= 0.6 is 24.8 Å². The SMILES string of the molecule is Cl.Cl.FC(F)Oc1ccc([C@H](C2CC2)N2CCNCC2)cc1.